The van der Waals surface area contributed by atoms with Gasteiger partial charge in [0.2, 0.25) is 0 Å². The number of hydrogen-bond acceptors (Lipinski definition) is 5. The molecule has 0 saturated heterocycles. The Morgan fingerprint density at radius 3 is 3.00 bits per heavy atom. The molecule has 4 nitrogen and oxygen atoms in total. The largest absolute Gasteiger partial charge is 0.389 e. The number of thiocarbonyl (C=S) groups is 1. The van der Waals surface area contributed by atoms with E-state index in [1.807, 2.05) is 30.6 Å². The highest BCUT2D eigenvalue weighted by Gasteiger charge is 2.10. The summed E-state index contributed by atoms with van der Waals surface area (Å²) in [7, 11) is 2.02. The highest BCUT2D eigenvalue weighted by atomic mass is 32.1. The van der Waals surface area contributed by atoms with Gasteiger partial charge in [-0.2, -0.15) is 0 Å². The molecule has 1 aromatic carbocycles. The summed E-state index contributed by atoms with van der Waals surface area (Å²) >= 11 is 6.65. The molecule has 0 fully saturated rings. The summed E-state index contributed by atoms with van der Waals surface area (Å²) < 4.78 is 0. The van der Waals surface area contributed by atoms with Crippen LogP contribution in [0.3, 0.4) is 0 Å². The molecule has 2 heterocycles. The smallest absolute Gasteiger partial charge is 0.140 e. The number of nitrogens with zero attached hydrogens (tertiary/aromatic N) is 3. The van der Waals surface area contributed by atoms with Crippen LogP contribution in [0.4, 0.5) is 5.82 Å². The van der Waals surface area contributed by atoms with Gasteiger partial charge in [-0.1, -0.05) is 30.4 Å². The summed E-state index contributed by atoms with van der Waals surface area (Å²) in [5.74, 6) is 0.932. The first-order valence-corrected chi connectivity index (χ1v) is 7.72. The molecule has 3 aromatic rings. The number of aromatic nitrogens is 2. The Hall–Kier alpha value is -2.05. The number of nitrogens with two attached hydrogens (primary N) is 1. The van der Waals surface area contributed by atoms with E-state index in [1.165, 1.54) is 0 Å². The minimum absolute atomic E-state index is 0.418. The van der Waals surface area contributed by atoms with Crippen molar-refractivity contribution >= 4 is 44.6 Å². The Labute approximate surface area is 132 Å². The van der Waals surface area contributed by atoms with Crippen LogP contribution >= 0.6 is 23.6 Å². The summed E-state index contributed by atoms with van der Waals surface area (Å²) in [4.78, 5) is 12.2. The van der Waals surface area contributed by atoms with E-state index in [9.17, 15) is 0 Å². The SMILES string of the molecule is CN(Cc1cccc(C(N)=S)c1)c1ncnc2sccc12. The lowest BCUT2D eigenvalue weighted by Gasteiger charge is -2.19. The molecule has 21 heavy (non-hydrogen) atoms. The highest BCUT2D eigenvalue weighted by molar-refractivity contribution is 7.80. The Bertz CT molecular complexity index is 797. The first kappa shape index (κ1) is 13.9. The molecule has 3 rings (SSSR count). The van der Waals surface area contributed by atoms with Gasteiger partial charge in [-0.15, -0.1) is 11.3 Å². The second-order valence-electron chi connectivity index (χ2n) is 4.76. The fourth-order valence-electron chi connectivity index (χ4n) is 2.25. The van der Waals surface area contributed by atoms with Crippen LogP contribution in [0.25, 0.3) is 10.2 Å². The number of anilines is 1. The number of benzene rings is 1. The minimum Gasteiger partial charge on any atom is -0.389 e. The van der Waals surface area contributed by atoms with Gasteiger partial charge in [0.05, 0.1) is 5.39 Å². The van der Waals surface area contributed by atoms with Crippen molar-refractivity contribution in [2.24, 2.45) is 5.73 Å². The van der Waals surface area contributed by atoms with Crippen LogP contribution in [0.1, 0.15) is 11.1 Å². The average molecular weight is 314 g/mol. The second kappa shape index (κ2) is 5.75. The maximum Gasteiger partial charge on any atom is 0.140 e. The summed E-state index contributed by atoms with van der Waals surface area (Å²) in [5, 5.41) is 3.11. The Morgan fingerprint density at radius 1 is 1.33 bits per heavy atom. The molecule has 6 heteroatoms. The predicted molar refractivity (Wildman–Crippen MR) is 91.9 cm³/mol. The van der Waals surface area contributed by atoms with Crippen molar-refractivity contribution in [2.45, 2.75) is 6.54 Å². The van der Waals surface area contributed by atoms with Crippen molar-refractivity contribution in [3.63, 3.8) is 0 Å². The Morgan fingerprint density at radius 2 is 2.19 bits per heavy atom. The highest BCUT2D eigenvalue weighted by Crippen LogP contribution is 2.26. The van der Waals surface area contributed by atoms with Gasteiger partial charge in [0.25, 0.3) is 0 Å². The molecule has 0 radical (unpaired) electrons. The van der Waals surface area contributed by atoms with Gasteiger partial charge in [0, 0.05) is 19.2 Å². The molecule has 2 aromatic heterocycles. The molecular formula is C15H14N4S2. The first-order chi connectivity index (χ1) is 10.1. The lowest BCUT2D eigenvalue weighted by Crippen LogP contribution is -2.18. The fraction of sp³-hybridized carbons (Fsp3) is 0.133. The van der Waals surface area contributed by atoms with E-state index >= 15 is 0 Å². The van der Waals surface area contributed by atoms with E-state index in [0.29, 0.717) is 4.99 Å². The predicted octanol–water partition coefficient (Wildman–Crippen LogP) is 2.96. The lowest BCUT2D eigenvalue weighted by atomic mass is 10.1. The van der Waals surface area contributed by atoms with Crippen molar-refractivity contribution in [1.82, 2.24) is 9.97 Å². The number of hydrogen-bond donors (Lipinski definition) is 1. The molecule has 106 valence electrons. The minimum atomic E-state index is 0.418. The van der Waals surface area contributed by atoms with Gasteiger partial charge < -0.3 is 10.6 Å². The van der Waals surface area contributed by atoms with Crippen molar-refractivity contribution in [2.75, 3.05) is 11.9 Å². The fourth-order valence-corrected chi connectivity index (χ4v) is 3.11. The van der Waals surface area contributed by atoms with Gasteiger partial charge >= 0.3 is 0 Å². The summed E-state index contributed by atoms with van der Waals surface area (Å²) in [5.41, 5.74) is 7.72. The zero-order valence-electron chi connectivity index (χ0n) is 11.5. The summed E-state index contributed by atoms with van der Waals surface area (Å²) in [6.45, 7) is 0.735. The standard InChI is InChI=1S/C15H14N4S2/c1-19(8-10-3-2-4-11(7-10)13(16)20)14-12-5-6-21-15(12)18-9-17-14/h2-7,9H,8H2,1H3,(H2,16,20). The molecule has 0 spiro atoms. The summed E-state index contributed by atoms with van der Waals surface area (Å²) in [6, 6.07) is 10.0. The van der Waals surface area contributed by atoms with E-state index < -0.39 is 0 Å². The van der Waals surface area contributed by atoms with Crippen molar-refractivity contribution in [3.05, 3.63) is 53.2 Å². The third-order valence-electron chi connectivity index (χ3n) is 3.23. The van der Waals surface area contributed by atoms with Crippen LogP contribution in [-0.2, 0) is 6.54 Å². The average Bonchev–Trinajstić information content (AvgIpc) is 2.95. The van der Waals surface area contributed by atoms with Gasteiger partial charge in [0.15, 0.2) is 0 Å². The number of rotatable bonds is 4. The van der Waals surface area contributed by atoms with Gasteiger partial charge in [-0.25, -0.2) is 9.97 Å². The molecule has 0 unspecified atom stereocenters. The molecule has 0 saturated carbocycles. The van der Waals surface area contributed by atoms with Crippen molar-refractivity contribution in [1.29, 1.82) is 0 Å². The monoisotopic (exact) mass is 314 g/mol. The van der Waals surface area contributed by atoms with Gasteiger partial charge in [0.1, 0.15) is 22.0 Å². The zero-order chi connectivity index (χ0) is 14.8. The van der Waals surface area contributed by atoms with E-state index in [4.69, 9.17) is 18.0 Å². The molecular weight excluding hydrogens is 300 g/mol. The molecule has 0 atom stereocenters. The van der Waals surface area contributed by atoms with E-state index in [1.54, 1.807) is 17.7 Å². The van der Waals surface area contributed by atoms with Crippen LogP contribution in [0, 0.1) is 0 Å². The quantitative estimate of drug-likeness (QED) is 0.750. The maximum atomic E-state index is 5.68. The third-order valence-corrected chi connectivity index (χ3v) is 4.29. The van der Waals surface area contributed by atoms with Crippen molar-refractivity contribution < 1.29 is 0 Å². The van der Waals surface area contributed by atoms with Crippen molar-refractivity contribution in [3.8, 4) is 0 Å². The van der Waals surface area contributed by atoms with E-state index in [-0.39, 0.29) is 0 Å². The van der Waals surface area contributed by atoms with Crippen LogP contribution < -0.4 is 10.6 Å². The maximum absolute atomic E-state index is 5.68. The van der Waals surface area contributed by atoms with Crippen LogP contribution in [-0.4, -0.2) is 22.0 Å². The van der Waals surface area contributed by atoms with Gasteiger partial charge in [-0.3, -0.25) is 0 Å². The Kier molecular flexibility index (Phi) is 3.81. The molecule has 0 aliphatic heterocycles. The van der Waals surface area contributed by atoms with Crippen LogP contribution in [0.2, 0.25) is 0 Å². The molecule has 0 bridgehead atoms. The molecule has 0 amide bonds. The Balaban J connectivity index is 1.89. The molecule has 0 aliphatic rings. The van der Waals surface area contributed by atoms with Crippen LogP contribution in [0.5, 0.6) is 0 Å². The van der Waals surface area contributed by atoms with Gasteiger partial charge in [-0.05, 0) is 23.1 Å². The zero-order valence-corrected chi connectivity index (χ0v) is 13.1. The normalized spacial score (nSPS) is 10.7. The molecule has 0 aliphatic carbocycles. The van der Waals surface area contributed by atoms with E-state index in [2.05, 4.69) is 27.0 Å². The third kappa shape index (κ3) is 2.86. The molecule has 2 N–H and O–H groups in total. The van der Waals surface area contributed by atoms with Crippen LogP contribution in [0.15, 0.2) is 42.0 Å². The summed E-state index contributed by atoms with van der Waals surface area (Å²) in [6.07, 6.45) is 1.61. The number of thiophene rings is 1. The number of fused-ring (bicyclic) bond motifs is 1. The lowest BCUT2D eigenvalue weighted by molar-refractivity contribution is 0.900. The first-order valence-electron chi connectivity index (χ1n) is 6.43. The second-order valence-corrected chi connectivity index (χ2v) is 6.09. The van der Waals surface area contributed by atoms with E-state index in [0.717, 1.165) is 33.7 Å². The topological polar surface area (TPSA) is 55.0 Å².